The normalized spacial score (nSPS) is 19.5. The molecule has 0 spiro atoms. The number of sulfonamides is 1. The Labute approximate surface area is 196 Å². The third kappa shape index (κ3) is 6.74. The van der Waals surface area contributed by atoms with Crippen molar-refractivity contribution >= 4 is 27.7 Å². The predicted octanol–water partition coefficient (Wildman–Crippen LogP) is 4.90. The number of likely N-dealkylation sites (tertiary alicyclic amines) is 1. The Morgan fingerprint density at radius 1 is 1.12 bits per heavy atom. The van der Waals surface area contributed by atoms with Crippen molar-refractivity contribution in [2.24, 2.45) is 0 Å². The van der Waals surface area contributed by atoms with E-state index in [1.54, 1.807) is 36.0 Å². The van der Waals surface area contributed by atoms with Gasteiger partial charge in [-0.15, -0.1) is 11.8 Å². The van der Waals surface area contributed by atoms with E-state index in [1.807, 2.05) is 37.3 Å². The SMILES string of the molecule is CCCNS(=O)(=O)C1CCN(C(=O)C(F)(F)F)C(c2ccc(SCc3ccccc3)cc2)C1. The zero-order valence-electron chi connectivity index (χ0n) is 18.2. The van der Waals surface area contributed by atoms with E-state index in [0.29, 0.717) is 12.0 Å². The summed E-state index contributed by atoms with van der Waals surface area (Å²) in [5.41, 5.74) is 1.64. The Morgan fingerprint density at radius 3 is 2.39 bits per heavy atom. The first-order valence-corrected chi connectivity index (χ1v) is 13.3. The maximum atomic E-state index is 13.2. The molecule has 1 aliphatic heterocycles. The summed E-state index contributed by atoms with van der Waals surface area (Å²) < 4.78 is 67.4. The molecule has 0 aromatic heterocycles. The Balaban J connectivity index is 1.80. The van der Waals surface area contributed by atoms with Crippen molar-refractivity contribution in [2.75, 3.05) is 13.1 Å². The van der Waals surface area contributed by atoms with Gasteiger partial charge >= 0.3 is 12.1 Å². The lowest BCUT2D eigenvalue weighted by Gasteiger charge is -2.39. The van der Waals surface area contributed by atoms with Gasteiger partial charge in [-0.1, -0.05) is 49.4 Å². The number of halogens is 3. The highest BCUT2D eigenvalue weighted by Crippen LogP contribution is 2.37. The van der Waals surface area contributed by atoms with Crippen LogP contribution in [0.3, 0.4) is 0 Å². The van der Waals surface area contributed by atoms with Gasteiger partial charge in [0.15, 0.2) is 0 Å². The molecule has 180 valence electrons. The van der Waals surface area contributed by atoms with Gasteiger partial charge in [-0.3, -0.25) is 4.79 Å². The fraction of sp³-hybridized carbons (Fsp3) is 0.435. The van der Waals surface area contributed by atoms with E-state index in [2.05, 4.69) is 4.72 Å². The average molecular weight is 501 g/mol. The van der Waals surface area contributed by atoms with Crippen LogP contribution in [0.15, 0.2) is 59.5 Å². The monoisotopic (exact) mass is 500 g/mol. The van der Waals surface area contributed by atoms with Crippen molar-refractivity contribution in [1.82, 2.24) is 9.62 Å². The Hall–Kier alpha value is -2.04. The number of hydrogen-bond donors (Lipinski definition) is 1. The van der Waals surface area contributed by atoms with Crippen LogP contribution in [0, 0.1) is 0 Å². The number of carbonyl (C=O) groups is 1. The molecule has 0 aliphatic carbocycles. The average Bonchev–Trinajstić information content (AvgIpc) is 2.81. The summed E-state index contributed by atoms with van der Waals surface area (Å²) in [5.74, 6) is -1.20. The number of alkyl halides is 3. The molecular formula is C23H27F3N2O3S2. The van der Waals surface area contributed by atoms with Crippen molar-refractivity contribution in [3.8, 4) is 0 Å². The smallest absolute Gasteiger partial charge is 0.328 e. The Kier molecular flexibility index (Phi) is 8.47. The van der Waals surface area contributed by atoms with Crippen molar-refractivity contribution in [2.45, 2.75) is 54.3 Å². The Bertz CT molecular complexity index is 1030. The number of nitrogens with zero attached hydrogens (tertiary/aromatic N) is 1. The van der Waals surface area contributed by atoms with E-state index in [-0.39, 0.29) is 25.9 Å². The molecule has 2 aromatic rings. The highest BCUT2D eigenvalue weighted by molar-refractivity contribution is 7.98. The molecule has 0 bridgehead atoms. The van der Waals surface area contributed by atoms with Crippen molar-refractivity contribution in [1.29, 1.82) is 0 Å². The van der Waals surface area contributed by atoms with Crippen LogP contribution in [0.4, 0.5) is 13.2 Å². The highest BCUT2D eigenvalue weighted by Gasteiger charge is 2.48. The maximum Gasteiger partial charge on any atom is 0.471 e. The lowest BCUT2D eigenvalue weighted by Crippen LogP contribution is -2.50. The van der Waals surface area contributed by atoms with E-state index in [1.165, 1.54) is 0 Å². The van der Waals surface area contributed by atoms with Crippen LogP contribution in [0.2, 0.25) is 0 Å². The van der Waals surface area contributed by atoms with Crippen LogP contribution >= 0.6 is 11.8 Å². The fourth-order valence-electron chi connectivity index (χ4n) is 3.83. The maximum absolute atomic E-state index is 13.2. The molecule has 33 heavy (non-hydrogen) atoms. The second-order valence-electron chi connectivity index (χ2n) is 7.94. The van der Waals surface area contributed by atoms with Crippen LogP contribution < -0.4 is 4.72 Å². The predicted molar refractivity (Wildman–Crippen MR) is 123 cm³/mol. The van der Waals surface area contributed by atoms with Gasteiger partial charge in [0, 0.05) is 23.7 Å². The molecule has 2 unspecified atom stereocenters. The molecule has 0 radical (unpaired) electrons. The third-order valence-electron chi connectivity index (χ3n) is 5.56. The number of amides is 1. The molecule has 1 aliphatic rings. The zero-order chi connectivity index (χ0) is 24.1. The second-order valence-corrected chi connectivity index (χ2v) is 11.0. The van der Waals surface area contributed by atoms with Gasteiger partial charge in [0.25, 0.3) is 0 Å². The summed E-state index contributed by atoms with van der Waals surface area (Å²) in [6.07, 6.45) is -4.54. The van der Waals surface area contributed by atoms with Gasteiger partial charge < -0.3 is 4.90 Å². The van der Waals surface area contributed by atoms with Crippen molar-refractivity contribution in [3.63, 3.8) is 0 Å². The van der Waals surface area contributed by atoms with Crippen LogP contribution in [0.1, 0.15) is 43.4 Å². The largest absolute Gasteiger partial charge is 0.471 e. The number of hydrogen-bond acceptors (Lipinski definition) is 4. The molecule has 2 atom stereocenters. The van der Waals surface area contributed by atoms with Crippen LogP contribution in [0.25, 0.3) is 0 Å². The number of carbonyl (C=O) groups excluding carboxylic acids is 1. The van der Waals surface area contributed by atoms with Crippen molar-refractivity contribution < 1.29 is 26.4 Å². The van der Waals surface area contributed by atoms with Gasteiger partial charge in [0.1, 0.15) is 0 Å². The van der Waals surface area contributed by atoms with E-state index < -0.39 is 33.4 Å². The molecule has 3 rings (SSSR count). The molecule has 1 saturated heterocycles. The van der Waals surface area contributed by atoms with E-state index in [0.717, 1.165) is 21.1 Å². The molecule has 1 amide bonds. The van der Waals surface area contributed by atoms with Gasteiger partial charge in [0.05, 0.1) is 11.3 Å². The minimum atomic E-state index is -5.02. The van der Waals surface area contributed by atoms with Crippen LogP contribution in [-0.2, 0) is 20.6 Å². The number of benzene rings is 2. The van der Waals surface area contributed by atoms with Crippen LogP contribution in [-0.4, -0.2) is 43.7 Å². The molecule has 1 heterocycles. The lowest BCUT2D eigenvalue weighted by atomic mass is 9.94. The summed E-state index contributed by atoms with van der Waals surface area (Å²) in [6.45, 7) is 1.82. The summed E-state index contributed by atoms with van der Waals surface area (Å²) in [7, 11) is -3.69. The quantitative estimate of drug-likeness (QED) is 0.524. The minimum Gasteiger partial charge on any atom is -0.328 e. The standard InChI is InChI=1S/C23H27F3N2O3S2/c1-2-13-27-33(30,31)20-12-14-28(22(29)23(24,25)26)21(15-20)18-8-10-19(11-9-18)32-16-17-6-4-3-5-7-17/h3-11,20-21,27H,2,12-16H2,1H3. The molecule has 2 aromatic carbocycles. The van der Waals surface area contributed by atoms with Gasteiger partial charge in [-0.25, -0.2) is 13.1 Å². The minimum absolute atomic E-state index is 0.0393. The van der Waals surface area contributed by atoms with Gasteiger partial charge in [-0.2, -0.15) is 13.2 Å². The first kappa shape index (κ1) is 25.6. The molecular weight excluding hydrogens is 473 g/mol. The highest BCUT2D eigenvalue weighted by atomic mass is 32.2. The van der Waals surface area contributed by atoms with Gasteiger partial charge in [-0.05, 0) is 42.5 Å². The third-order valence-corrected chi connectivity index (χ3v) is 8.56. The lowest BCUT2D eigenvalue weighted by molar-refractivity contribution is -0.189. The van der Waals surface area contributed by atoms with E-state index >= 15 is 0 Å². The first-order chi connectivity index (χ1) is 15.6. The summed E-state index contributed by atoms with van der Waals surface area (Å²) in [4.78, 5) is 13.8. The fourth-order valence-corrected chi connectivity index (χ4v) is 6.26. The Morgan fingerprint density at radius 2 is 1.79 bits per heavy atom. The molecule has 5 nitrogen and oxygen atoms in total. The number of piperidine rings is 1. The molecule has 0 saturated carbocycles. The summed E-state index contributed by atoms with van der Waals surface area (Å²) in [5, 5.41) is -0.863. The first-order valence-electron chi connectivity index (χ1n) is 10.7. The molecule has 1 N–H and O–H groups in total. The second kappa shape index (κ2) is 10.9. The summed E-state index contributed by atoms with van der Waals surface area (Å²) in [6, 6.07) is 15.9. The van der Waals surface area contributed by atoms with E-state index in [9.17, 15) is 26.4 Å². The number of rotatable bonds is 8. The van der Waals surface area contributed by atoms with Crippen molar-refractivity contribution in [3.05, 3.63) is 65.7 Å². The van der Waals surface area contributed by atoms with Crippen LogP contribution in [0.5, 0.6) is 0 Å². The van der Waals surface area contributed by atoms with E-state index in [4.69, 9.17) is 0 Å². The zero-order valence-corrected chi connectivity index (χ0v) is 19.8. The van der Waals surface area contributed by atoms with Gasteiger partial charge in [0.2, 0.25) is 10.0 Å². The summed E-state index contributed by atoms with van der Waals surface area (Å²) >= 11 is 1.59. The number of thioether (sulfide) groups is 1. The number of nitrogens with one attached hydrogen (secondary N) is 1. The molecule has 1 fully saturated rings. The molecule has 10 heteroatoms. The topological polar surface area (TPSA) is 66.5 Å².